The first kappa shape index (κ1) is 17.2. The van der Waals surface area contributed by atoms with Crippen molar-refractivity contribution in [2.45, 2.75) is 51.8 Å². The first-order chi connectivity index (χ1) is 11.4. The topological polar surface area (TPSA) is 27.7 Å². The van der Waals surface area contributed by atoms with E-state index in [1.807, 2.05) is 0 Å². The highest BCUT2D eigenvalue weighted by Crippen LogP contribution is 2.41. The minimum Gasteiger partial charge on any atom is -0.493 e. The summed E-state index contributed by atoms with van der Waals surface area (Å²) in [6.07, 6.45) is 1.93. The van der Waals surface area contributed by atoms with Crippen LogP contribution in [0.1, 0.15) is 44.1 Å². The summed E-state index contributed by atoms with van der Waals surface area (Å²) >= 11 is 0. The average Bonchev–Trinajstić information content (AvgIpc) is 3.19. The Morgan fingerprint density at radius 2 is 1.46 bits per heavy atom. The second-order valence-corrected chi connectivity index (χ2v) is 6.78. The van der Waals surface area contributed by atoms with Crippen molar-refractivity contribution in [2.24, 2.45) is 11.8 Å². The molecule has 134 valence electrons. The molecule has 2 aliphatic rings. The number of hydrogen-bond acceptors (Lipinski definition) is 3. The van der Waals surface area contributed by atoms with E-state index >= 15 is 0 Å². The number of rotatable bonds is 7. The summed E-state index contributed by atoms with van der Waals surface area (Å²) in [5.41, 5.74) is 0.330. The van der Waals surface area contributed by atoms with Gasteiger partial charge in [-0.05, 0) is 56.6 Å². The van der Waals surface area contributed by atoms with Crippen LogP contribution in [-0.4, -0.2) is 19.6 Å². The summed E-state index contributed by atoms with van der Waals surface area (Å²) in [4.78, 5) is 0. The maximum atomic E-state index is 12.8. The first-order valence-corrected chi connectivity index (χ1v) is 8.57. The molecule has 3 rings (SSSR count). The number of hydrogen-bond donors (Lipinski definition) is 0. The lowest BCUT2D eigenvalue weighted by Crippen LogP contribution is -2.19. The predicted molar refractivity (Wildman–Crippen MR) is 83.5 cm³/mol. The first-order valence-electron chi connectivity index (χ1n) is 8.57. The third-order valence-electron chi connectivity index (χ3n) is 4.66. The number of ether oxygens (including phenoxy) is 3. The Labute approximate surface area is 140 Å². The highest BCUT2D eigenvalue weighted by atomic mass is 19.4. The van der Waals surface area contributed by atoms with Crippen LogP contribution in [0.3, 0.4) is 0 Å². The van der Waals surface area contributed by atoms with Gasteiger partial charge in [0.25, 0.3) is 0 Å². The fraction of sp³-hybridized carbons (Fsp3) is 0.667. The van der Waals surface area contributed by atoms with Crippen LogP contribution in [0.15, 0.2) is 12.1 Å². The van der Waals surface area contributed by atoms with Crippen LogP contribution >= 0.6 is 0 Å². The largest absolute Gasteiger partial charge is 0.573 e. The van der Waals surface area contributed by atoms with Crippen molar-refractivity contribution in [3.8, 4) is 17.2 Å². The summed E-state index contributed by atoms with van der Waals surface area (Å²) in [6.45, 7) is 2.54. The third kappa shape index (κ3) is 4.71. The van der Waals surface area contributed by atoms with Crippen LogP contribution in [0, 0.1) is 18.8 Å². The summed E-state index contributed by atoms with van der Waals surface area (Å²) in [5, 5.41) is 0. The summed E-state index contributed by atoms with van der Waals surface area (Å²) in [5.74, 6) is 1.21. The minimum absolute atomic E-state index is 0.135. The molecular weight excluding hydrogens is 321 g/mol. The average molecular weight is 344 g/mol. The second-order valence-electron chi connectivity index (χ2n) is 6.78. The highest BCUT2D eigenvalue weighted by Gasteiger charge is 2.34. The maximum absolute atomic E-state index is 12.8. The maximum Gasteiger partial charge on any atom is 0.573 e. The van der Waals surface area contributed by atoms with E-state index in [4.69, 9.17) is 9.47 Å². The van der Waals surface area contributed by atoms with Gasteiger partial charge in [0.2, 0.25) is 0 Å². The molecule has 2 fully saturated rings. The molecule has 3 nitrogen and oxygen atoms in total. The van der Waals surface area contributed by atoms with Crippen molar-refractivity contribution in [3.05, 3.63) is 17.7 Å². The quantitative estimate of drug-likeness (QED) is 0.676. The van der Waals surface area contributed by atoms with E-state index in [2.05, 4.69) is 4.74 Å². The Kier molecular flexibility index (Phi) is 5.11. The zero-order valence-electron chi connectivity index (χ0n) is 13.8. The Morgan fingerprint density at radius 3 is 2.04 bits per heavy atom. The molecule has 0 amide bonds. The molecule has 0 bridgehead atoms. The normalized spacial score (nSPS) is 18.7. The fourth-order valence-electron chi connectivity index (χ4n) is 3.04. The standard InChI is InChI=1S/C18H23F3O3/c1-12-15(22-11-14-6-7-14)8-9-16(17(12)24-18(19,20)21)23-10-13-4-2-3-5-13/h8-9,13-14H,2-7,10-11H2,1H3. The fourth-order valence-corrected chi connectivity index (χ4v) is 3.04. The third-order valence-corrected chi connectivity index (χ3v) is 4.66. The van der Waals surface area contributed by atoms with Gasteiger partial charge in [0.05, 0.1) is 13.2 Å². The van der Waals surface area contributed by atoms with Gasteiger partial charge in [-0.2, -0.15) is 0 Å². The summed E-state index contributed by atoms with van der Waals surface area (Å²) in [7, 11) is 0. The van der Waals surface area contributed by atoms with Gasteiger partial charge in [-0.1, -0.05) is 12.8 Å². The molecule has 0 atom stereocenters. The van der Waals surface area contributed by atoms with Gasteiger partial charge >= 0.3 is 6.36 Å². The molecule has 0 radical (unpaired) electrons. The van der Waals surface area contributed by atoms with Gasteiger partial charge in [-0.15, -0.1) is 13.2 Å². The van der Waals surface area contributed by atoms with E-state index < -0.39 is 6.36 Å². The van der Waals surface area contributed by atoms with Crippen LogP contribution in [0.2, 0.25) is 0 Å². The van der Waals surface area contributed by atoms with Crippen molar-refractivity contribution >= 4 is 0 Å². The van der Waals surface area contributed by atoms with Crippen LogP contribution in [-0.2, 0) is 0 Å². The molecule has 0 saturated heterocycles. The predicted octanol–water partition coefficient (Wildman–Crippen LogP) is 5.25. The lowest BCUT2D eigenvalue weighted by Gasteiger charge is -2.20. The van der Waals surface area contributed by atoms with Gasteiger partial charge in [-0.3, -0.25) is 0 Å². The molecule has 2 aliphatic carbocycles. The molecule has 1 aromatic rings. The molecule has 0 heterocycles. The summed E-state index contributed by atoms with van der Waals surface area (Å²) in [6, 6.07) is 3.19. The van der Waals surface area contributed by atoms with Crippen molar-refractivity contribution in [3.63, 3.8) is 0 Å². The molecule has 0 aliphatic heterocycles. The van der Waals surface area contributed by atoms with E-state index in [1.165, 1.54) is 6.07 Å². The molecule has 24 heavy (non-hydrogen) atoms. The van der Waals surface area contributed by atoms with E-state index in [9.17, 15) is 13.2 Å². The number of halogens is 3. The van der Waals surface area contributed by atoms with Crippen LogP contribution in [0.5, 0.6) is 17.2 Å². The van der Waals surface area contributed by atoms with Crippen LogP contribution in [0.25, 0.3) is 0 Å². The molecular formula is C18H23F3O3. The van der Waals surface area contributed by atoms with Gasteiger partial charge in [0, 0.05) is 5.56 Å². The Morgan fingerprint density at radius 1 is 0.917 bits per heavy atom. The van der Waals surface area contributed by atoms with Crippen molar-refractivity contribution < 1.29 is 27.4 Å². The van der Waals surface area contributed by atoms with E-state index in [-0.39, 0.29) is 11.5 Å². The molecule has 0 spiro atoms. The summed E-state index contributed by atoms with van der Waals surface area (Å²) < 4.78 is 53.9. The number of benzene rings is 1. The molecule has 0 N–H and O–H groups in total. The van der Waals surface area contributed by atoms with E-state index in [1.54, 1.807) is 13.0 Å². The smallest absolute Gasteiger partial charge is 0.493 e. The lowest BCUT2D eigenvalue weighted by atomic mass is 10.1. The SMILES string of the molecule is Cc1c(OCC2CC2)ccc(OCC2CCCC2)c1OC(F)(F)F. The van der Waals surface area contributed by atoms with E-state index in [0.717, 1.165) is 38.5 Å². The Balaban J connectivity index is 1.75. The molecule has 2 saturated carbocycles. The van der Waals surface area contributed by atoms with Crippen molar-refractivity contribution in [1.29, 1.82) is 0 Å². The molecule has 6 heteroatoms. The van der Waals surface area contributed by atoms with Gasteiger partial charge in [0.1, 0.15) is 5.75 Å². The monoisotopic (exact) mass is 344 g/mol. The second kappa shape index (κ2) is 7.11. The zero-order valence-corrected chi connectivity index (χ0v) is 13.8. The molecule has 1 aromatic carbocycles. The van der Waals surface area contributed by atoms with Gasteiger partial charge < -0.3 is 14.2 Å². The van der Waals surface area contributed by atoms with E-state index in [0.29, 0.717) is 36.4 Å². The molecule has 0 unspecified atom stereocenters. The number of alkyl halides is 3. The highest BCUT2D eigenvalue weighted by molar-refractivity contribution is 5.53. The minimum atomic E-state index is -4.76. The van der Waals surface area contributed by atoms with Gasteiger partial charge in [-0.25, -0.2) is 0 Å². The van der Waals surface area contributed by atoms with Gasteiger partial charge in [0.15, 0.2) is 11.5 Å². The van der Waals surface area contributed by atoms with Crippen molar-refractivity contribution in [1.82, 2.24) is 0 Å². The Hall–Kier alpha value is -1.59. The van der Waals surface area contributed by atoms with Crippen LogP contribution < -0.4 is 14.2 Å². The van der Waals surface area contributed by atoms with Crippen LogP contribution in [0.4, 0.5) is 13.2 Å². The van der Waals surface area contributed by atoms with Crippen molar-refractivity contribution in [2.75, 3.05) is 13.2 Å². The lowest BCUT2D eigenvalue weighted by molar-refractivity contribution is -0.275. The Bertz CT molecular complexity index is 561. The molecule has 0 aromatic heterocycles. The zero-order chi connectivity index (χ0) is 17.2.